The molecule has 8 aromatic carbocycles. The van der Waals surface area contributed by atoms with Gasteiger partial charge in [-0.05, 0) is 88.0 Å². The summed E-state index contributed by atoms with van der Waals surface area (Å²) in [5.41, 5.74) is 14.1. The maximum absolute atomic E-state index is 7.06. The zero-order valence-corrected chi connectivity index (χ0v) is 31.1. The third-order valence-corrected chi connectivity index (χ3v) is 13.0. The molecule has 4 heteroatoms. The Hall–Kier alpha value is -6.62. The van der Waals surface area contributed by atoms with Gasteiger partial charge >= 0.3 is 0 Å². The standard InChI is InChI=1S/C51H33NO2S/c1-51(2)39-19-8-6-15-33(39)34-26-25-31(27-40(34)51)52(41-20-12-24-47-49(41)36-16-7-9-23-46(36)55-47)42-21-10-18-35-37-28-45-38(29-44(37)54-50(35)42)48-32(17-11-22-43(48)53-45)30-13-4-3-5-14-30/h3-29H,1-2H3. The lowest BCUT2D eigenvalue weighted by Crippen LogP contribution is -2.16. The summed E-state index contributed by atoms with van der Waals surface area (Å²) in [4.78, 5) is 2.43. The summed E-state index contributed by atoms with van der Waals surface area (Å²) >= 11 is 1.84. The lowest BCUT2D eigenvalue weighted by molar-refractivity contribution is 0.660. The number of hydrogen-bond acceptors (Lipinski definition) is 4. The van der Waals surface area contributed by atoms with Crippen LogP contribution in [0.25, 0.3) is 86.3 Å². The summed E-state index contributed by atoms with van der Waals surface area (Å²) < 4.78 is 16.2. The van der Waals surface area contributed by atoms with E-state index < -0.39 is 0 Å². The van der Waals surface area contributed by atoms with Crippen molar-refractivity contribution in [2.24, 2.45) is 0 Å². The van der Waals surface area contributed by atoms with Crippen molar-refractivity contribution in [2.75, 3.05) is 4.90 Å². The molecular formula is C51H33NO2S. The van der Waals surface area contributed by atoms with Gasteiger partial charge in [-0.2, -0.15) is 0 Å². The molecular weight excluding hydrogens is 691 g/mol. The molecule has 3 aromatic heterocycles. The highest BCUT2D eigenvalue weighted by atomic mass is 32.1. The van der Waals surface area contributed by atoms with Crippen LogP contribution in [0.3, 0.4) is 0 Å². The summed E-state index contributed by atoms with van der Waals surface area (Å²) in [5.74, 6) is 0. The van der Waals surface area contributed by atoms with E-state index in [4.69, 9.17) is 8.83 Å². The molecule has 12 rings (SSSR count). The number of para-hydroxylation sites is 1. The molecule has 0 bridgehead atoms. The van der Waals surface area contributed by atoms with Crippen LogP contribution >= 0.6 is 11.3 Å². The van der Waals surface area contributed by atoms with Crippen LogP contribution in [-0.2, 0) is 5.41 Å². The van der Waals surface area contributed by atoms with Crippen LogP contribution in [0.2, 0.25) is 0 Å². The Bertz CT molecular complexity index is 3360. The van der Waals surface area contributed by atoms with Crippen molar-refractivity contribution in [2.45, 2.75) is 19.3 Å². The Balaban J connectivity index is 1.13. The van der Waals surface area contributed by atoms with Gasteiger partial charge in [0.15, 0.2) is 5.58 Å². The average molecular weight is 724 g/mol. The van der Waals surface area contributed by atoms with E-state index in [9.17, 15) is 0 Å². The molecule has 0 amide bonds. The second-order valence-corrected chi connectivity index (χ2v) is 16.3. The lowest BCUT2D eigenvalue weighted by Gasteiger charge is -2.28. The van der Waals surface area contributed by atoms with Crippen LogP contribution in [0.5, 0.6) is 0 Å². The maximum Gasteiger partial charge on any atom is 0.159 e. The first-order valence-corrected chi connectivity index (χ1v) is 19.7. The van der Waals surface area contributed by atoms with Crippen molar-refractivity contribution in [1.29, 1.82) is 0 Å². The first-order valence-electron chi connectivity index (χ1n) is 18.8. The number of nitrogens with zero attached hydrogens (tertiary/aromatic N) is 1. The molecule has 260 valence electrons. The van der Waals surface area contributed by atoms with Crippen molar-refractivity contribution < 1.29 is 8.83 Å². The summed E-state index contributed by atoms with van der Waals surface area (Å²) in [6.07, 6.45) is 0. The van der Waals surface area contributed by atoms with Gasteiger partial charge in [0.25, 0.3) is 0 Å². The zero-order chi connectivity index (χ0) is 36.4. The van der Waals surface area contributed by atoms with E-state index in [-0.39, 0.29) is 5.41 Å². The lowest BCUT2D eigenvalue weighted by atomic mass is 9.82. The third-order valence-electron chi connectivity index (χ3n) is 11.9. The Morgan fingerprint density at radius 2 is 1.15 bits per heavy atom. The minimum absolute atomic E-state index is 0.143. The monoisotopic (exact) mass is 723 g/mol. The van der Waals surface area contributed by atoms with E-state index in [0.717, 1.165) is 72.1 Å². The fraction of sp³-hybridized carbons (Fsp3) is 0.0588. The van der Waals surface area contributed by atoms with E-state index in [1.807, 2.05) is 11.3 Å². The Morgan fingerprint density at radius 3 is 2.07 bits per heavy atom. The smallest absolute Gasteiger partial charge is 0.159 e. The second-order valence-electron chi connectivity index (χ2n) is 15.2. The zero-order valence-electron chi connectivity index (χ0n) is 30.3. The predicted octanol–water partition coefficient (Wildman–Crippen LogP) is 15.3. The molecule has 0 fully saturated rings. The molecule has 0 saturated carbocycles. The molecule has 3 nitrogen and oxygen atoms in total. The SMILES string of the molecule is CC1(C)c2ccccc2-c2ccc(N(c3cccc4c3oc3cc5c(cc34)oc3cccc(-c4ccccc4)c35)c3cccc4sc5ccccc5c34)cc21. The van der Waals surface area contributed by atoms with Gasteiger partial charge < -0.3 is 13.7 Å². The van der Waals surface area contributed by atoms with Crippen molar-refractivity contribution in [3.8, 4) is 22.3 Å². The largest absolute Gasteiger partial charge is 0.456 e. The second kappa shape index (κ2) is 11.2. The molecule has 0 aliphatic heterocycles. The highest BCUT2D eigenvalue weighted by Crippen LogP contribution is 2.53. The fourth-order valence-corrected chi connectivity index (χ4v) is 10.4. The Morgan fingerprint density at radius 1 is 0.455 bits per heavy atom. The Kier molecular flexibility index (Phi) is 6.27. The summed E-state index contributed by atoms with van der Waals surface area (Å²) in [6.45, 7) is 4.70. The first-order chi connectivity index (χ1) is 27.0. The summed E-state index contributed by atoms with van der Waals surface area (Å²) in [7, 11) is 0. The Labute approximate surface area is 321 Å². The molecule has 1 aliphatic carbocycles. The van der Waals surface area contributed by atoms with Crippen LogP contribution in [-0.4, -0.2) is 0 Å². The number of fused-ring (bicyclic) bond motifs is 12. The minimum Gasteiger partial charge on any atom is -0.456 e. The van der Waals surface area contributed by atoms with Crippen molar-refractivity contribution in [1.82, 2.24) is 0 Å². The molecule has 11 aromatic rings. The van der Waals surface area contributed by atoms with E-state index in [2.05, 4.69) is 183 Å². The number of benzene rings is 8. The molecule has 0 atom stereocenters. The number of furan rings is 2. The third kappa shape index (κ3) is 4.31. The summed E-state index contributed by atoms with van der Waals surface area (Å²) in [6, 6.07) is 59.1. The van der Waals surface area contributed by atoms with Crippen LogP contribution < -0.4 is 4.90 Å². The van der Waals surface area contributed by atoms with E-state index in [1.54, 1.807) is 0 Å². The van der Waals surface area contributed by atoms with E-state index in [0.29, 0.717) is 0 Å². The van der Waals surface area contributed by atoms with Gasteiger partial charge in [0.05, 0.1) is 11.4 Å². The van der Waals surface area contributed by atoms with Gasteiger partial charge in [0, 0.05) is 52.8 Å². The topological polar surface area (TPSA) is 29.5 Å². The van der Waals surface area contributed by atoms with Crippen LogP contribution in [0, 0.1) is 0 Å². The van der Waals surface area contributed by atoms with Gasteiger partial charge in [-0.25, -0.2) is 0 Å². The number of hydrogen-bond donors (Lipinski definition) is 0. The molecule has 3 heterocycles. The number of anilines is 3. The fourth-order valence-electron chi connectivity index (χ4n) is 9.32. The first kappa shape index (κ1) is 30.8. The van der Waals surface area contributed by atoms with E-state index >= 15 is 0 Å². The normalized spacial score (nSPS) is 13.4. The molecule has 55 heavy (non-hydrogen) atoms. The number of thiophene rings is 1. The highest BCUT2D eigenvalue weighted by Gasteiger charge is 2.36. The quantitative estimate of drug-likeness (QED) is 0.181. The molecule has 0 radical (unpaired) electrons. The molecule has 1 aliphatic rings. The van der Waals surface area contributed by atoms with Crippen LogP contribution in [0.15, 0.2) is 173 Å². The van der Waals surface area contributed by atoms with Crippen molar-refractivity contribution in [3.05, 3.63) is 175 Å². The van der Waals surface area contributed by atoms with Gasteiger partial charge in [-0.1, -0.05) is 123 Å². The predicted molar refractivity (Wildman–Crippen MR) is 232 cm³/mol. The van der Waals surface area contributed by atoms with Gasteiger partial charge in [-0.15, -0.1) is 11.3 Å². The van der Waals surface area contributed by atoms with Crippen molar-refractivity contribution >= 4 is 92.4 Å². The van der Waals surface area contributed by atoms with Crippen LogP contribution in [0.4, 0.5) is 17.1 Å². The minimum atomic E-state index is -0.143. The molecule has 0 unspecified atom stereocenters. The van der Waals surface area contributed by atoms with Gasteiger partial charge in [0.2, 0.25) is 0 Å². The maximum atomic E-state index is 7.06. The summed E-state index contributed by atoms with van der Waals surface area (Å²) in [5, 5.41) is 6.75. The van der Waals surface area contributed by atoms with E-state index in [1.165, 1.54) is 42.4 Å². The number of rotatable bonds is 4. The highest BCUT2D eigenvalue weighted by molar-refractivity contribution is 7.26. The molecule has 0 spiro atoms. The van der Waals surface area contributed by atoms with Gasteiger partial charge in [-0.3, -0.25) is 0 Å². The van der Waals surface area contributed by atoms with Crippen LogP contribution in [0.1, 0.15) is 25.0 Å². The molecule has 0 N–H and O–H groups in total. The van der Waals surface area contributed by atoms with Crippen molar-refractivity contribution in [3.63, 3.8) is 0 Å². The van der Waals surface area contributed by atoms with Gasteiger partial charge in [0.1, 0.15) is 16.7 Å². The average Bonchev–Trinajstić information content (AvgIpc) is 3.96. The molecule has 0 saturated heterocycles.